The Bertz CT molecular complexity index is 738. The molecule has 0 atom stereocenters. The summed E-state index contributed by atoms with van der Waals surface area (Å²) in [6.45, 7) is 4.51. The Balaban J connectivity index is 1.52. The molecule has 0 radical (unpaired) electrons. The highest BCUT2D eigenvalue weighted by Gasteiger charge is 2.19. The molecule has 2 aromatic rings. The molecule has 0 bridgehead atoms. The van der Waals surface area contributed by atoms with Crippen LogP contribution in [0.2, 0.25) is 0 Å². The summed E-state index contributed by atoms with van der Waals surface area (Å²) in [6, 6.07) is 7.88. The highest BCUT2D eigenvalue weighted by molar-refractivity contribution is 5.81. The summed E-state index contributed by atoms with van der Waals surface area (Å²) in [4.78, 5) is 30.2. The highest BCUT2D eigenvalue weighted by atomic mass is 16.2. The van der Waals surface area contributed by atoms with Gasteiger partial charge in [-0.3, -0.25) is 9.59 Å². The van der Waals surface area contributed by atoms with E-state index in [2.05, 4.69) is 10.3 Å². The van der Waals surface area contributed by atoms with E-state index in [1.807, 2.05) is 40.7 Å². The van der Waals surface area contributed by atoms with Crippen molar-refractivity contribution in [3.05, 3.63) is 30.1 Å². The number of fused-ring (bicyclic) bond motifs is 1. The van der Waals surface area contributed by atoms with Gasteiger partial charge in [0.25, 0.3) is 0 Å². The topological polar surface area (TPSA) is 67.2 Å². The van der Waals surface area contributed by atoms with Gasteiger partial charge in [-0.15, -0.1) is 0 Å². The summed E-state index contributed by atoms with van der Waals surface area (Å²) in [5.74, 6) is 1.15. The maximum absolute atomic E-state index is 12.2. The minimum Gasteiger partial charge on any atom is -0.354 e. The van der Waals surface area contributed by atoms with Gasteiger partial charge in [-0.25, -0.2) is 4.98 Å². The van der Waals surface area contributed by atoms with E-state index in [-0.39, 0.29) is 18.4 Å². The van der Waals surface area contributed by atoms with Gasteiger partial charge in [0.2, 0.25) is 11.8 Å². The summed E-state index contributed by atoms with van der Waals surface area (Å²) in [7, 11) is 0. The fourth-order valence-electron chi connectivity index (χ4n) is 3.21. The van der Waals surface area contributed by atoms with Crippen molar-refractivity contribution in [1.29, 1.82) is 0 Å². The number of imidazole rings is 1. The third-order valence-electron chi connectivity index (χ3n) is 4.45. The number of hydrogen-bond acceptors (Lipinski definition) is 3. The molecule has 2 amide bonds. The number of nitrogens with one attached hydrogen (secondary N) is 1. The predicted octanol–water partition coefficient (Wildman–Crippen LogP) is 1.73. The molecule has 2 heterocycles. The largest absolute Gasteiger partial charge is 0.354 e. The third kappa shape index (κ3) is 3.58. The number of carbonyl (C=O) groups is 2. The van der Waals surface area contributed by atoms with Crippen LogP contribution in [0.4, 0.5) is 0 Å². The quantitative estimate of drug-likeness (QED) is 0.787. The van der Waals surface area contributed by atoms with Gasteiger partial charge in [0.1, 0.15) is 12.4 Å². The van der Waals surface area contributed by atoms with Crippen molar-refractivity contribution in [2.75, 3.05) is 19.6 Å². The van der Waals surface area contributed by atoms with Crippen LogP contribution in [-0.2, 0) is 22.6 Å². The van der Waals surface area contributed by atoms with Gasteiger partial charge in [-0.05, 0) is 25.0 Å². The Kier molecular flexibility index (Phi) is 5.13. The number of rotatable bonds is 7. The predicted molar refractivity (Wildman–Crippen MR) is 92.6 cm³/mol. The summed E-state index contributed by atoms with van der Waals surface area (Å²) in [5.41, 5.74) is 1.92. The molecule has 6 heteroatoms. The van der Waals surface area contributed by atoms with Crippen LogP contribution < -0.4 is 5.32 Å². The lowest BCUT2D eigenvalue weighted by molar-refractivity contribution is -0.127. The van der Waals surface area contributed by atoms with Gasteiger partial charge in [0, 0.05) is 32.5 Å². The van der Waals surface area contributed by atoms with Crippen molar-refractivity contribution in [3.8, 4) is 0 Å². The average Bonchev–Trinajstić information content (AvgIpc) is 3.15. The Morgan fingerprint density at radius 2 is 2.17 bits per heavy atom. The molecule has 1 aromatic heterocycles. The second-order valence-corrected chi connectivity index (χ2v) is 6.14. The number of amides is 2. The molecule has 0 saturated carbocycles. The van der Waals surface area contributed by atoms with Crippen molar-refractivity contribution in [3.63, 3.8) is 0 Å². The van der Waals surface area contributed by atoms with Crippen LogP contribution in [-0.4, -0.2) is 45.9 Å². The van der Waals surface area contributed by atoms with E-state index in [1.165, 1.54) is 0 Å². The average molecular weight is 328 g/mol. The first-order valence-electron chi connectivity index (χ1n) is 8.67. The summed E-state index contributed by atoms with van der Waals surface area (Å²) in [6.07, 6.45) is 3.21. The normalized spacial score (nSPS) is 14.5. The van der Waals surface area contributed by atoms with Gasteiger partial charge in [0.05, 0.1) is 11.0 Å². The number of aryl methyl sites for hydroxylation is 1. The monoisotopic (exact) mass is 328 g/mol. The van der Waals surface area contributed by atoms with E-state index in [0.717, 1.165) is 49.2 Å². The third-order valence-corrected chi connectivity index (χ3v) is 4.45. The molecule has 0 spiro atoms. The molecular formula is C18H24N4O2. The zero-order valence-corrected chi connectivity index (χ0v) is 14.1. The van der Waals surface area contributed by atoms with Crippen LogP contribution in [0.25, 0.3) is 11.0 Å². The number of para-hydroxylation sites is 2. The number of hydrogen-bond donors (Lipinski definition) is 1. The maximum atomic E-state index is 12.2. The Morgan fingerprint density at radius 3 is 2.92 bits per heavy atom. The summed E-state index contributed by atoms with van der Waals surface area (Å²) in [5, 5.41) is 2.95. The Labute approximate surface area is 141 Å². The fourth-order valence-corrected chi connectivity index (χ4v) is 3.21. The molecule has 24 heavy (non-hydrogen) atoms. The first-order valence-corrected chi connectivity index (χ1v) is 8.67. The first kappa shape index (κ1) is 16.5. The standard InChI is InChI=1S/C18H24N4O2/c1-2-16-20-14-7-3-4-8-15(14)22(16)13-17(23)19-10-6-12-21-11-5-9-18(21)24/h3-4,7-8H,2,5-6,9-13H2,1H3,(H,19,23). The number of nitrogens with zero attached hydrogens (tertiary/aromatic N) is 3. The molecular weight excluding hydrogens is 304 g/mol. The zero-order chi connectivity index (χ0) is 16.9. The maximum Gasteiger partial charge on any atom is 0.240 e. The van der Waals surface area contributed by atoms with Gasteiger partial charge in [-0.1, -0.05) is 19.1 Å². The number of likely N-dealkylation sites (tertiary alicyclic amines) is 1. The van der Waals surface area contributed by atoms with Gasteiger partial charge < -0.3 is 14.8 Å². The van der Waals surface area contributed by atoms with Gasteiger partial charge in [-0.2, -0.15) is 0 Å². The Hall–Kier alpha value is -2.37. The zero-order valence-electron chi connectivity index (χ0n) is 14.1. The molecule has 0 unspecified atom stereocenters. The van der Waals surface area contributed by atoms with Crippen LogP contribution in [0.5, 0.6) is 0 Å². The lowest BCUT2D eigenvalue weighted by Crippen LogP contribution is -2.32. The second kappa shape index (κ2) is 7.47. The molecule has 3 rings (SSSR count). The van der Waals surface area contributed by atoms with Crippen molar-refractivity contribution in [2.45, 2.75) is 39.2 Å². The first-order chi connectivity index (χ1) is 11.7. The Morgan fingerprint density at radius 1 is 1.33 bits per heavy atom. The van der Waals surface area contributed by atoms with Crippen LogP contribution in [0.1, 0.15) is 32.0 Å². The molecule has 1 N–H and O–H groups in total. The van der Waals surface area contributed by atoms with E-state index < -0.39 is 0 Å². The molecule has 6 nitrogen and oxygen atoms in total. The summed E-state index contributed by atoms with van der Waals surface area (Å²) < 4.78 is 1.98. The number of benzene rings is 1. The van der Waals surface area contributed by atoms with Crippen LogP contribution in [0.15, 0.2) is 24.3 Å². The van der Waals surface area contributed by atoms with E-state index >= 15 is 0 Å². The van der Waals surface area contributed by atoms with Crippen molar-refractivity contribution < 1.29 is 9.59 Å². The van der Waals surface area contributed by atoms with Gasteiger partial charge in [0.15, 0.2) is 0 Å². The molecule has 1 aliphatic rings. The smallest absolute Gasteiger partial charge is 0.240 e. The highest BCUT2D eigenvalue weighted by Crippen LogP contribution is 2.16. The lowest BCUT2D eigenvalue weighted by Gasteiger charge is -2.15. The second-order valence-electron chi connectivity index (χ2n) is 6.14. The number of aromatic nitrogens is 2. The van der Waals surface area contributed by atoms with Crippen LogP contribution >= 0.6 is 0 Å². The molecule has 1 aromatic carbocycles. The van der Waals surface area contributed by atoms with Crippen molar-refractivity contribution in [2.24, 2.45) is 0 Å². The van der Waals surface area contributed by atoms with Crippen molar-refractivity contribution in [1.82, 2.24) is 19.8 Å². The van der Waals surface area contributed by atoms with Crippen LogP contribution in [0, 0.1) is 0 Å². The number of carbonyl (C=O) groups excluding carboxylic acids is 2. The van der Waals surface area contributed by atoms with Gasteiger partial charge >= 0.3 is 0 Å². The lowest BCUT2D eigenvalue weighted by atomic mass is 10.3. The molecule has 1 aliphatic heterocycles. The molecule has 0 aliphatic carbocycles. The van der Waals surface area contributed by atoms with E-state index in [0.29, 0.717) is 13.0 Å². The molecule has 1 fully saturated rings. The SMILES string of the molecule is CCc1nc2ccccc2n1CC(=O)NCCCN1CCCC1=O. The van der Waals surface area contributed by atoms with E-state index in [1.54, 1.807) is 0 Å². The van der Waals surface area contributed by atoms with E-state index in [4.69, 9.17) is 0 Å². The fraction of sp³-hybridized carbons (Fsp3) is 0.500. The van der Waals surface area contributed by atoms with Crippen molar-refractivity contribution >= 4 is 22.8 Å². The van der Waals surface area contributed by atoms with Crippen LogP contribution in [0.3, 0.4) is 0 Å². The summed E-state index contributed by atoms with van der Waals surface area (Å²) >= 11 is 0. The minimum absolute atomic E-state index is 0.0133. The van der Waals surface area contributed by atoms with E-state index in [9.17, 15) is 9.59 Å². The minimum atomic E-state index is -0.0133. The molecule has 128 valence electrons. The molecule has 1 saturated heterocycles.